The van der Waals surface area contributed by atoms with E-state index >= 15 is 0 Å². The van der Waals surface area contributed by atoms with Crippen LogP contribution in [0.3, 0.4) is 0 Å². The van der Waals surface area contributed by atoms with Gasteiger partial charge in [0.05, 0.1) is 5.69 Å². The van der Waals surface area contributed by atoms with Crippen LogP contribution in [-0.4, -0.2) is 32.1 Å². The topological polar surface area (TPSA) is 76.9 Å². The lowest BCUT2D eigenvalue weighted by Gasteiger charge is -2.20. The molecule has 1 N–H and O–H groups in total. The van der Waals surface area contributed by atoms with Crippen molar-refractivity contribution >= 4 is 17.3 Å². The largest absolute Gasteiger partial charge is 0.383 e. The van der Waals surface area contributed by atoms with Crippen LogP contribution in [0.1, 0.15) is 83.0 Å². The van der Waals surface area contributed by atoms with Crippen molar-refractivity contribution < 1.29 is 9.59 Å². The number of Topliss-reactive ketones (excluding diaryl/α,β-unsaturated/α-hetero) is 2. The van der Waals surface area contributed by atoms with Crippen molar-refractivity contribution in [2.24, 2.45) is 0 Å². The first-order chi connectivity index (χ1) is 15.8. The monoisotopic (exact) mass is 444 g/mol. The molecule has 3 aromatic heterocycles. The van der Waals surface area contributed by atoms with Crippen LogP contribution < -0.4 is 5.32 Å². The number of hydrogen-bond donors (Lipinski definition) is 1. The summed E-state index contributed by atoms with van der Waals surface area (Å²) in [5.74, 6) is 0.375. The van der Waals surface area contributed by atoms with E-state index in [1.54, 1.807) is 0 Å². The molecule has 6 nitrogen and oxygen atoms in total. The highest BCUT2D eigenvalue weighted by molar-refractivity contribution is 5.98. The number of aromatic nitrogens is 3. The summed E-state index contributed by atoms with van der Waals surface area (Å²) < 4.78 is 2.06. The van der Waals surface area contributed by atoms with Gasteiger partial charge in [0.15, 0.2) is 11.6 Å². The van der Waals surface area contributed by atoms with Crippen LogP contribution >= 0.6 is 0 Å². The number of anilines is 1. The van der Waals surface area contributed by atoms with E-state index in [1.165, 1.54) is 0 Å². The first kappa shape index (κ1) is 22.9. The second kappa shape index (κ2) is 9.69. The molecule has 0 atom stereocenters. The third kappa shape index (κ3) is 5.05. The summed E-state index contributed by atoms with van der Waals surface area (Å²) in [6.07, 6.45) is 9.08. The van der Waals surface area contributed by atoms with Crippen LogP contribution in [-0.2, 0) is 12.8 Å². The lowest BCUT2D eigenvalue weighted by molar-refractivity contribution is 0.0959. The Morgan fingerprint density at radius 1 is 0.818 bits per heavy atom. The highest BCUT2D eigenvalue weighted by Crippen LogP contribution is 2.28. The van der Waals surface area contributed by atoms with E-state index in [1.807, 2.05) is 44.4 Å². The SMILES string of the molecule is Cc1cc(-n2cccc2)c2c(n1)C(=O)CCC2.Cc1cc(NC(C)C)c2c(n1)C(=O)CCC2. The molecule has 172 valence electrons. The predicted molar refractivity (Wildman–Crippen MR) is 131 cm³/mol. The number of hydrogen-bond acceptors (Lipinski definition) is 5. The van der Waals surface area contributed by atoms with Crippen LogP contribution in [0.25, 0.3) is 5.69 Å². The Labute approximate surface area is 195 Å². The summed E-state index contributed by atoms with van der Waals surface area (Å²) in [6.45, 7) is 8.09. The number of nitrogens with zero attached hydrogens (tertiary/aromatic N) is 3. The van der Waals surface area contributed by atoms with Crippen molar-refractivity contribution in [3.8, 4) is 5.69 Å². The van der Waals surface area contributed by atoms with Crippen LogP contribution in [0.15, 0.2) is 36.7 Å². The number of carbonyl (C=O) groups is 2. The summed E-state index contributed by atoms with van der Waals surface area (Å²) in [4.78, 5) is 32.4. The zero-order valence-electron chi connectivity index (χ0n) is 19.9. The number of carbonyl (C=O) groups excluding carboxylic acids is 2. The smallest absolute Gasteiger partial charge is 0.181 e. The molecule has 3 aromatic rings. The van der Waals surface area contributed by atoms with Crippen molar-refractivity contribution in [3.63, 3.8) is 0 Å². The average molecular weight is 445 g/mol. The number of nitrogens with one attached hydrogen (secondary N) is 1. The number of aryl methyl sites for hydroxylation is 2. The summed E-state index contributed by atoms with van der Waals surface area (Å²) in [5.41, 5.74) is 7.59. The van der Waals surface area contributed by atoms with Gasteiger partial charge in [0.1, 0.15) is 11.4 Å². The molecular formula is C27H32N4O2. The Kier molecular flexibility index (Phi) is 6.72. The van der Waals surface area contributed by atoms with E-state index in [4.69, 9.17) is 0 Å². The molecular weight excluding hydrogens is 412 g/mol. The maximum Gasteiger partial charge on any atom is 0.181 e. The first-order valence-corrected chi connectivity index (χ1v) is 11.8. The van der Waals surface area contributed by atoms with Gasteiger partial charge in [0.25, 0.3) is 0 Å². The second-order valence-corrected chi connectivity index (χ2v) is 9.19. The molecule has 0 aliphatic heterocycles. The van der Waals surface area contributed by atoms with Gasteiger partial charge in [0.2, 0.25) is 0 Å². The van der Waals surface area contributed by atoms with Gasteiger partial charge >= 0.3 is 0 Å². The normalized spacial score (nSPS) is 14.9. The Balaban J connectivity index is 0.000000157. The molecule has 0 aromatic carbocycles. The van der Waals surface area contributed by atoms with Gasteiger partial charge < -0.3 is 9.88 Å². The molecule has 0 amide bonds. The fourth-order valence-corrected chi connectivity index (χ4v) is 4.60. The molecule has 0 spiro atoms. The van der Waals surface area contributed by atoms with E-state index < -0.39 is 0 Å². The molecule has 0 unspecified atom stereocenters. The Morgan fingerprint density at radius 3 is 1.97 bits per heavy atom. The maximum atomic E-state index is 11.9. The minimum absolute atomic E-state index is 0.184. The van der Waals surface area contributed by atoms with Crippen LogP contribution in [0, 0.1) is 13.8 Å². The molecule has 0 saturated carbocycles. The Morgan fingerprint density at radius 2 is 1.36 bits per heavy atom. The molecule has 2 aliphatic rings. The fourth-order valence-electron chi connectivity index (χ4n) is 4.60. The van der Waals surface area contributed by atoms with Gasteiger partial charge in [-0.2, -0.15) is 0 Å². The van der Waals surface area contributed by atoms with Gasteiger partial charge in [0, 0.05) is 59.5 Å². The lowest BCUT2D eigenvalue weighted by Crippen LogP contribution is -2.19. The summed E-state index contributed by atoms with van der Waals surface area (Å²) >= 11 is 0. The summed E-state index contributed by atoms with van der Waals surface area (Å²) in [5, 5.41) is 3.40. The Bertz CT molecular complexity index is 1180. The van der Waals surface area contributed by atoms with Crippen LogP contribution in [0.2, 0.25) is 0 Å². The van der Waals surface area contributed by atoms with Crippen molar-refractivity contribution in [3.05, 3.63) is 70.6 Å². The van der Waals surface area contributed by atoms with Crippen molar-refractivity contribution in [2.75, 3.05) is 5.32 Å². The third-order valence-corrected chi connectivity index (χ3v) is 6.00. The highest BCUT2D eigenvalue weighted by Gasteiger charge is 2.23. The Hall–Kier alpha value is -3.28. The molecule has 0 radical (unpaired) electrons. The van der Waals surface area contributed by atoms with Crippen LogP contribution in [0.5, 0.6) is 0 Å². The van der Waals surface area contributed by atoms with E-state index in [9.17, 15) is 9.59 Å². The molecule has 2 aliphatic carbocycles. The maximum absolute atomic E-state index is 11.9. The van der Waals surface area contributed by atoms with E-state index in [2.05, 4.69) is 39.8 Å². The van der Waals surface area contributed by atoms with Gasteiger partial charge in [-0.3, -0.25) is 9.59 Å². The molecule has 0 fully saturated rings. The number of ketones is 2. The summed E-state index contributed by atoms with van der Waals surface area (Å²) in [7, 11) is 0. The van der Waals surface area contributed by atoms with E-state index in [-0.39, 0.29) is 11.6 Å². The molecule has 0 bridgehead atoms. The summed E-state index contributed by atoms with van der Waals surface area (Å²) in [6, 6.07) is 8.46. The lowest BCUT2D eigenvalue weighted by atomic mass is 9.93. The fraction of sp³-hybridized carbons (Fsp3) is 0.407. The van der Waals surface area contributed by atoms with E-state index in [0.29, 0.717) is 30.3 Å². The molecule has 3 heterocycles. The highest BCUT2D eigenvalue weighted by atomic mass is 16.1. The van der Waals surface area contributed by atoms with Gasteiger partial charge in [-0.25, -0.2) is 9.97 Å². The first-order valence-electron chi connectivity index (χ1n) is 11.8. The van der Waals surface area contributed by atoms with Crippen molar-refractivity contribution in [2.45, 2.75) is 72.3 Å². The van der Waals surface area contributed by atoms with Crippen molar-refractivity contribution in [1.82, 2.24) is 14.5 Å². The number of fused-ring (bicyclic) bond motifs is 2. The third-order valence-electron chi connectivity index (χ3n) is 6.00. The number of pyridine rings is 2. The molecule has 5 rings (SSSR count). The zero-order chi connectivity index (χ0) is 23.5. The van der Waals surface area contributed by atoms with Crippen molar-refractivity contribution in [1.29, 1.82) is 0 Å². The molecule has 6 heteroatoms. The molecule has 0 saturated heterocycles. The second-order valence-electron chi connectivity index (χ2n) is 9.19. The quantitative estimate of drug-likeness (QED) is 0.583. The van der Waals surface area contributed by atoms with Gasteiger partial charge in [-0.15, -0.1) is 0 Å². The standard InChI is InChI=1S/C14H14N2O.C13H18N2O/c1-10-9-12(16-7-2-3-8-16)11-5-4-6-13(17)14(11)15-10;1-8(2)14-11-7-9(3)15-13-10(11)5-4-6-12(13)16/h2-3,7-9H,4-6H2,1H3;7-8H,4-6H2,1-3H3,(H,14,15). The minimum atomic E-state index is 0.184. The minimum Gasteiger partial charge on any atom is -0.383 e. The van der Waals surface area contributed by atoms with Gasteiger partial charge in [-0.1, -0.05) is 0 Å². The van der Waals surface area contributed by atoms with Gasteiger partial charge in [-0.05, 0) is 77.6 Å². The molecule has 33 heavy (non-hydrogen) atoms. The van der Waals surface area contributed by atoms with E-state index in [0.717, 1.165) is 59.6 Å². The predicted octanol–water partition coefficient (Wildman–Crippen LogP) is 5.43. The average Bonchev–Trinajstić information content (AvgIpc) is 3.30. The van der Waals surface area contributed by atoms with Crippen LogP contribution in [0.4, 0.5) is 5.69 Å². The zero-order valence-corrected chi connectivity index (χ0v) is 19.9. The number of rotatable bonds is 3.